The van der Waals surface area contributed by atoms with Crippen molar-refractivity contribution in [2.45, 2.75) is 26.4 Å². The molecule has 1 aromatic carbocycles. The number of rotatable bonds is 3. The lowest BCUT2D eigenvalue weighted by Crippen LogP contribution is -2.03. The van der Waals surface area contributed by atoms with Gasteiger partial charge in [0.1, 0.15) is 0 Å². The van der Waals surface area contributed by atoms with Crippen LogP contribution in [0.15, 0.2) is 18.2 Å². The molecule has 15 heavy (non-hydrogen) atoms. The maximum Gasteiger partial charge on any atom is 0.201 e. The topological polar surface area (TPSA) is 69.9 Å². The van der Waals surface area contributed by atoms with Gasteiger partial charge >= 0.3 is 0 Å². The van der Waals surface area contributed by atoms with Crippen LogP contribution in [0.3, 0.4) is 0 Å². The van der Waals surface area contributed by atoms with Crippen LogP contribution in [-0.4, -0.2) is 9.55 Å². The fourth-order valence-electron chi connectivity index (χ4n) is 1.77. The highest BCUT2D eigenvalue weighted by molar-refractivity contribution is 5.79. The predicted molar refractivity (Wildman–Crippen MR) is 62.3 cm³/mol. The Labute approximate surface area is 88.9 Å². The average Bonchev–Trinajstić information content (AvgIpc) is 2.55. The third kappa shape index (κ3) is 1.68. The van der Waals surface area contributed by atoms with E-state index >= 15 is 0 Å². The number of imidazole rings is 1. The van der Waals surface area contributed by atoms with Crippen LogP contribution < -0.4 is 11.5 Å². The molecule has 4 nitrogen and oxygen atoms in total. The summed E-state index contributed by atoms with van der Waals surface area (Å²) in [5.74, 6) is 0.584. The standard InChI is InChI=1S/C11H16N4/c1-2-5-15-10-6-8(7-12)3-4-9(10)14-11(15)13/h3-4,6H,2,5,7,12H2,1H3,(H2,13,14). The first kappa shape index (κ1) is 9.98. The Morgan fingerprint density at radius 1 is 1.40 bits per heavy atom. The minimum absolute atomic E-state index is 0.549. The zero-order chi connectivity index (χ0) is 10.8. The SMILES string of the molecule is CCCn1c(N)nc2ccc(CN)cc21. The van der Waals surface area contributed by atoms with Crippen molar-refractivity contribution < 1.29 is 0 Å². The van der Waals surface area contributed by atoms with Gasteiger partial charge in [0.2, 0.25) is 5.95 Å². The van der Waals surface area contributed by atoms with E-state index < -0.39 is 0 Å². The van der Waals surface area contributed by atoms with Gasteiger partial charge in [0.05, 0.1) is 11.0 Å². The molecule has 0 aliphatic carbocycles. The quantitative estimate of drug-likeness (QED) is 0.795. The Kier molecular flexibility index (Phi) is 2.60. The molecule has 1 aromatic heterocycles. The zero-order valence-electron chi connectivity index (χ0n) is 8.90. The Bertz CT molecular complexity index is 473. The number of hydrogen-bond donors (Lipinski definition) is 2. The molecule has 0 saturated heterocycles. The fraction of sp³-hybridized carbons (Fsp3) is 0.364. The Hall–Kier alpha value is -1.55. The summed E-state index contributed by atoms with van der Waals surface area (Å²) in [6, 6.07) is 6.03. The molecule has 0 unspecified atom stereocenters. The van der Waals surface area contributed by atoms with Gasteiger partial charge in [-0.15, -0.1) is 0 Å². The van der Waals surface area contributed by atoms with Gasteiger partial charge < -0.3 is 16.0 Å². The molecule has 0 bridgehead atoms. The number of nitrogen functional groups attached to an aromatic ring is 1. The van der Waals surface area contributed by atoms with Crippen molar-refractivity contribution in [3.8, 4) is 0 Å². The first-order valence-corrected chi connectivity index (χ1v) is 5.21. The number of anilines is 1. The van der Waals surface area contributed by atoms with Gasteiger partial charge in [0, 0.05) is 13.1 Å². The molecule has 4 heteroatoms. The van der Waals surface area contributed by atoms with Crippen LogP contribution in [0.4, 0.5) is 5.95 Å². The normalized spacial score (nSPS) is 11.1. The molecule has 0 radical (unpaired) electrons. The second-order valence-corrected chi connectivity index (χ2v) is 3.65. The molecule has 80 valence electrons. The predicted octanol–water partition coefficient (Wildman–Crippen LogP) is 1.49. The van der Waals surface area contributed by atoms with Gasteiger partial charge in [-0.3, -0.25) is 0 Å². The van der Waals surface area contributed by atoms with Gasteiger partial charge in [-0.25, -0.2) is 4.98 Å². The van der Waals surface area contributed by atoms with E-state index in [-0.39, 0.29) is 0 Å². The van der Waals surface area contributed by atoms with E-state index in [1.807, 2.05) is 16.7 Å². The van der Waals surface area contributed by atoms with Crippen molar-refractivity contribution in [3.05, 3.63) is 23.8 Å². The van der Waals surface area contributed by atoms with Crippen molar-refractivity contribution in [3.63, 3.8) is 0 Å². The lowest BCUT2D eigenvalue weighted by molar-refractivity contribution is 0.706. The van der Waals surface area contributed by atoms with Crippen LogP contribution in [0, 0.1) is 0 Å². The molecule has 4 N–H and O–H groups in total. The van der Waals surface area contributed by atoms with E-state index in [0.29, 0.717) is 12.5 Å². The van der Waals surface area contributed by atoms with Gasteiger partial charge in [0.25, 0.3) is 0 Å². The van der Waals surface area contributed by atoms with Crippen molar-refractivity contribution >= 4 is 17.0 Å². The van der Waals surface area contributed by atoms with Crippen LogP contribution in [0.1, 0.15) is 18.9 Å². The summed E-state index contributed by atoms with van der Waals surface area (Å²) in [6.07, 6.45) is 1.04. The second kappa shape index (κ2) is 3.90. The Morgan fingerprint density at radius 2 is 2.20 bits per heavy atom. The molecule has 1 heterocycles. The molecule has 2 aromatic rings. The lowest BCUT2D eigenvalue weighted by Gasteiger charge is -2.04. The van der Waals surface area contributed by atoms with Crippen molar-refractivity contribution in [1.82, 2.24) is 9.55 Å². The molecule has 0 aliphatic heterocycles. The van der Waals surface area contributed by atoms with E-state index in [2.05, 4.69) is 18.0 Å². The monoisotopic (exact) mass is 204 g/mol. The summed E-state index contributed by atoms with van der Waals surface area (Å²) in [5, 5.41) is 0. The molecule has 0 amide bonds. The lowest BCUT2D eigenvalue weighted by atomic mass is 10.2. The van der Waals surface area contributed by atoms with Crippen LogP contribution in [-0.2, 0) is 13.1 Å². The minimum atomic E-state index is 0.549. The number of aromatic nitrogens is 2. The summed E-state index contributed by atoms with van der Waals surface area (Å²) >= 11 is 0. The van der Waals surface area contributed by atoms with E-state index in [0.717, 1.165) is 29.6 Å². The molecular formula is C11H16N4. The molecule has 0 fully saturated rings. The third-order valence-corrected chi connectivity index (χ3v) is 2.53. The Balaban J connectivity index is 2.61. The largest absolute Gasteiger partial charge is 0.369 e. The van der Waals surface area contributed by atoms with Gasteiger partial charge in [-0.2, -0.15) is 0 Å². The molecule has 0 atom stereocenters. The van der Waals surface area contributed by atoms with E-state index in [1.54, 1.807) is 0 Å². The summed E-state index contributed by atoms with van der Waals surface area (Å²) in [5.41, 5.74) is 14.6. The van der Waals surface area contributed by atoms with Gasteiger partial charge in [-0.1, -0.05) is 13.0 Å². The third-order valence-electron chi connectivity index (χ3n) is 2.53. The first-order chi connectivity index (χ1) is 7.26. The first-order valence-electron chi connectivity index (χ1n) is 5.21. The second-order valence-electron chi connectivity index (χ2n) is 3.65. The van der Waals surface area contributed by atoms with Crippen molar-refractivity contribution in [1.29, 1.82) is 0 Å². The summed E-state index contributed by atoms with van der Waals surface area (Å²) in [7, 11) is 0. The number of benzene rings is 1. The Morgan fingerprint density at radius 3 is 2.87 bits per heavy atom. The van der Waals surface area contributed by atoms with E-state index in [9.17, 15) is 0 Å². The van der Waals surface area contributed by atoms with E-state index in [1.165, 1.54) is 0 Å². The number of nitrogens with zero attached hydrogens (tertiary/aromatic N) is 2. The molecular weight excluding hydrogens is 188 g/mol. The maximum atomic E-state index is 5.85. The molecule has 0 saturated carbocycles. The molecule has 0 aliphatic rings. The fourth-order valence-corrected chi connectivity index (χ4v) is 1.77. The number of hydrogen-bond acceptors (Lipinski definition) is 3. The van der Waals surface area contributed by atoms with E-state index in [4.69, 9.17) is 11.5 Å². The van der Waals surface area contributed by atoms with Gasteiger partial charge in [0.15, 0.2) is 0 Å². The van der Waals surface area contributed by atoms with Crippen LogP contribution in [0.2, 0.25) is 0 Å². The van der Waals surface area contributed by atoms with Crippen molar-refractivity contribution in [2.75, 3.05) is 5.73 Å². The molecule has 2 rings (SSSR count). The average molecular weight is 204 g/mol. The van der Waals surface area contributed by atoms with Crippen molar-refractivity contribution in [2.24, 2.45) is 5.73 Å². The number of aryl methyl sites for hydroxylation is 1. The summed E-state index contributed by atoms with van der Waals surface area (Å²) in [4.78, 5) is 4.31. The maximum absolute atomic E-state index is 5.85. The molecule has 0 spiro atoms. The highest BCUT2D eigenvalue weighted by Gasteiger charge is 2.07. The smallest absolute Gasteiger partial charge is 0.201 e. The minimum Gasteiger partial charge on any atom is -0.369 e. The van der Waals surface area contributed by atoms with Crippen LogP contribution >= 0.6 is 0 Å². The number of nitrogens with two attached hydrogens (primary N) is 2. The summed E-state index contributed by atoms with van der Waals surface area (Å²) < 4.78 is 2.04. The highest BCUT2D eigenvalue weighted by atomic mass is 15.1. The number of fused-ring (bicyclic) bond motifs is 1. The van der Waals surface area contributed by atoms with Gasteiger partial charge in [-0.05, 0) is 24.1 Å². The highest BCUT2D eigenvalue weighted by Crippen LogP contribution is 2.19. The zero-order valence-corrected chi connectivity index (χ0v) is 8.90. The van der Waals surface area contributed by atoms with Crippen LogP contribution in [0.5, 0.6) is 0 Å². The van der Waals surface area contributed by atoms with Crippen LogP contribution in [0.25, 0.3) is 11.0 Å². The summed E-state index contributed by atoms with van der Waals surface area (Å²) in [6.45, 7) is 3.57.